The summed E-state index contributed by atoms with van der Waals surface area (Å²) in [5.74, 6) is 0.819. The molecule has 106 valence electrons. The first-order valence-corrected chi connectivity index (χ1v) is 7.37. The summed E-state index contributed by atoms with van der Waals surface area (Å²) >= 11 is 3.50. The highest BCUT2D eigenvalue weighted by Gasteiger charge is 2.07. The molecule has 0 unspecified atom stereocenters. The Morgan fingerprint density at radius 1 is 1.24 bits per heavy atom. The van der Waals surface area contributed by atoms with Crippen molar-refractivity contribution in [1.82, 2.24) is 4.57 Å². The van der Waals surface area contributed by atoms with Crippen LogP contribution >= 0.6 is 15.9 Å². The molecular formula is C17H14BrNO2. The minimum atomic E-state index is 0.724. The topological polar surface area (TPSA) is 31.2 Å². The number of ether oxygens (including phenoxy) is 1. The molecule has 21 heavy (non-hydrogen) atoms. The van der Waals surface area contributed by atoms with Gasteiger partial charge in [0.1, 0.15) is 5.75 Å². The Balaban J connectivity index is 1.98. The normalized spacial score (nSPS) is 10.8. The molecule has 3 nitrogen and oxygen atoms in total. The highest BCUT2D eigenvalue weighted by Crippen LogP contribution is 2.27. The summed E-state index contributed by atoms with van der Waals surface area (Å²) in [7, 11) is 1.65. The van der Waals surface area contributed by atoms with Crippen molar-refractivity contribution in [2.75, 3.05) is 7.11 Å². The average molecular weight is 344 g/mol. The third-order valence-corrected chi connectivity index (χ3v) is 4.16. The molecule has 0 saturated carbocycles. The fourth-order valence-electron chi connectivity index (χ4n) is 2.49. The largest absolute Gasteiger partial charge is 0.496 e. The van der Waals surface area contributed by atoms with Crippen LogP contribution < -0.4 is 4.74 Å². The van der Waals surface area contributed by atoms with E-state index in [2.05, 4.69) is 20.5 Å². The summed E-state index contributed by atoms with van der Waals surface area (Å²) in [5.41, 5.74) is 2.95. The number of fused-ring (bicyclic) bond motifs is 1. The molecule has 0 amide bonds. The van der Waals surface area contributed by atoms with Crippen LogP contribution in [0.4, 0.5) is 0 Å². The molecule has 0 radical (unpaired) electrons. The van der Waals surface area contributed by atoms with Crippen molar-refractivity contribution in [3.63, 3.8) is 0 Å². The van der Waals surface area contributed by atoms with E-state index in [-0.39, 0.29) is 0 Å². The van der Waals surface area contributed by atoms with Crippen LogP contribution in [0.2, 0.25) is 0 Å². The second kappa shape index (κ2) is 5.74. The summed E-state index contributed by atoms with van der Waals surface area (Å²) in [6, 6.07) is 13.8. The maximum Gasteiger partial charge on any atom is 0.150 e. The first kappa shape index (κ1) is 13.9. The lowest BCUT2D eigenvalue weighted by Gasteiger charge is -2.09. The van der Waals surface area contributed by atoms with Gasteiger partial charge < -0.3 is 9.30 Å². The smallest absolute Gasteiger partial charge is 0.150 e. The molecule has 0 spiro atoms. The second-order valence-corrected chi connectivity index (χ2v) is 5.66. The van der Waals surface area contributed by atoms with E-state index >= 15 is 0 Å². The van der Waals surface area contributed by atoms with Gasteiger partial charge in [-0.2, -0.15) is 0 Å². The number of carbonyl (C=O) groups is 1. The van der Waals surface area contributed by atoms with Crippen molar-refractivity contribution in [2.45, 2.75) is 6.54 Å². The van der Waals surface area contributed by atoms with Gasteiger partial charge in [0.25, 0.3) is 0 Å². The lowest BCUT2D eigenvalue weighted by molar-refractivity contribution is 0.112. The van der Waals surface area contributed by atoms with E-state index in [4.69, 9.17) is 4.74 Å². The SMILES string of the molecule is COc1ccc(Cn2ccc3c(C=O)cccc32)cc1Br. The Morgan fingerprint density at radius 3 is 2.81 bits per heavy atom. The average Bonchev–Trinajstić information content (AvgIpc) is 2.91. The molecule has 0 saturated heterocycles. The molecule has 0 aliphatic rings. The summed E-state index contributed by atoms with van der Waals surface area (Å²) in [6.45, 7) is 0.744. The lowest BCUT2D eigenvalue weighted by atomic mass is 10.1. The third kappa shape index (κ3) is 2.59. The van der Waals surface area contributed by atoms with Crippen molar-refractivity contribution in [3.8, 4) is 5.75 Å². The van der Waals surface area contributed by atoms with E-state index in [0.717, 1.165) is 45.1 Å². The van der Waals surface area contributed by atoms with Crippen LogP contribution in [0.25, 0.3) is 10.9 Å². The predicted octanol–water partition coefficient (Wildman–Crippen LogP) is 4.27. The number of nitrogens with zero attached hydrogens (tertiary/aromatic N) is 1. The molecule has 0 aliphatic carbocycles. The Hall–Kier alpha value is -2.07. The number of carbonyl (C=O) groups excluding carboxylic acids is 1. The fourth-order valence-corrected chi connectivity index (χ4v) is 3.08. The minimum Gasteiger partial charge on any atom is -0.496 e. The van der Waals surface area contributed by atoms with Crippen molar-refractivity contribution in [2.24, 2.45) is 0 Å². The van der Waals surface area contributed by atoms with Gasteiger partial charge in [0, 0.05) is 29.2 Å². The summed E-state index contributed by atoms with van der Waals surface area (Å²) < 4.78 is 8.32. The van der Waals surface area contributed by atoms with Crippen molar-refractivity contribution in [3.05, 3.63) is 64.3 Å². The lowest BCUT2D eigenvalue weighted by Crippen LogP contribution is -1.98. The van der Waals surface area contributed by atoms with Crippen molar-refractivity contribution in [1.29, 1.82) is 0 Å². The van der Waals surface area contributed by atoms with E-state index in [1.165, 1.54) is 0 Å². The van der Waals surface area contributed by atoms with Crippen LogP contribution in [0.15, 0.2) is 53.1 Å². The number of aromatic nitrogens is 1. The van der Waals surface area contributed by atoms with Gasteiger partial charge in [-0.05, 0) is 45.8 Å². The van der Waals surface area contributed by atoms with Gasteiger partial charge in [0.2, 0.25) is 0 Å². The van der Waals surface area contributed by atoms with Crippen molar-refractivity contribution >= 4 is 33.1 Å². The maximum atomic E-state index is 11.1. The Bertz CT molecular complexity index is 808. The number of benzene rings is 2. The first-order valence-electron chi connectivity index (χ1n) is 6.58. The van der Waals surface area contributed by atoms with Gasteiger partial charge in [0.05, 0.1) is 11.6 Å². The maximum absolute atomic E-state index is 11.1. The van der Waals surface area contributed by atoms with Gasteiger partial charge in [-0.25, -0.2) is 0 Å². The van der Waals surface area contributed by atoms with E-state index < -0.39 is 0 Å². The molecule has 0 atom stereocenters. The van der Waals surface area contributed by atoms with Crippen molar-refractivity contribution < 1.29 is 9.53 Å². The highest BCUT2D eigenvalue weighted by molar-refractivity contribution is 9.10. The number of hydrogen-bond acceptors (Lipinski definition) is 2. The zero-order valence-corrected chi connectivity index (χ0v) is 13.1. The monoisotopic (exact) mass is 343 g/mol. The highest BCUT2D eigenvalue weighted by atomic mass is 79.9. The molecule has 2 aromatic carbocycles. The summed E-state index contributed by atoms with van der Waals surface area (Å²) in [6.07, 6.45) is 2.91. The number of methoxy groups -OCH3 is 1. The Morgan fingerprint density at radius 2 is 2.10 bits per heavy atom. The fraction of sp³-hybridized carbons (Fsp3) is 0.118. The molecule has 0 N–H and O–H groups in total. The summed E-state index contributed by atoms with van der Waals surface area (Å²) in [5, 5.41) is 0.986. The first-order chi connectivity index (χ1) is 10.2. The molecule has 0 aliphatic heterocycles. The second-order valence-electron chi connectivity index (χ2n) is 4.81. The van der Waals surface area contributed by atoms with Crippen LogP contribution in [0.5, 0.6) is 5.75 Å². The molecule has 3 rings (SSSR count). The zero-order valence-electron chi connectivity index (χ0n) is 11.5. The molecule has 0 bridgehead atoms. The molecule has 0 fully saturated rings. The molecule has 1 aromatic heterocycles. The number of rotatable bonds is 4. The Labute approximate surface area is 131 Å². The molecular weight excluding hydrogens is 330 g/mol. The molecule has 1 heterocycles. The van der Waals surface area contributed by atoms with Crippen LogP contribution in [0.1, 0.15) is 15.9 Å². The summed E-state index contributed by atoms with van der Waals surface area (Å²) in [4.78, 5) is 11.1. The van der Waals surface area contributed by atoms with E-state index in [1.807, 2.05) is 48.7 Å². The number of hydrogen-bond donors (Lipinski definition) is 0. The van der Waals surface area contributed by atoms with Gasteiger partial charge in [-0.1, -0.05) is 18.2 Å². The van der Waals surface area contributed by atoms with Crippen LogP contribution in [-0.2, 0) is 6.54 Å². The van der Waals surface area contributed by atoms with Crippen LogP contribution in [0, 0.1) is 0 Å². The molecule has 4 heteroatoms. The molecule has 3 aromatic rings. The van der Waals surface area contributed by atoms with Crippen LogP contribution in [-0.4, -0.2) is 18.0 Å². The van der Waals surface area contributed by atoms with E-state index in [9.17, 15) is 4.79 Å². The predicted molar refractivity (Wildman–Crippen MR) is 87.1 cm³/mol. The van der Waals surface area contributed by atoms with Gasteiger partial charge in [0.15, 0.2) is 6.29 Å². The van der Waals surface area contributed by atoms with E-state index in [0.29, 0.717) is 0 Å². The Kier molecular flexibility index (Phi) is 3.80. The van der Waals surface area contributed by atoms with Gasteiger partial charge in [-0.3, -0.25) is 4.79 Å². The quantitative estimate of drug-likeness (QED) is 0.662. The standard InChI is InChI=1S/C17H14BrNO2/c1-21-17-6-5-12(9-15(17)18)10-19-8-7-14-13(11-20)3-2-4-16(14)19/h2-9,11H,10H2,1H3. The third-order valence-electron chi connectivity index (χ3n) is 3.54. The number of halogens is 1. The minimum absolute atomic E-state index is 0.724. The van der Waals surface area contributed by atoms with E-state index in [1.54, 1.807) is 7.11 Å². The van der Waals surface area contributed by atoms with Crippen LogP contribution in [0.3, 0.4) is 0 Å². The van der Waals surface area contributed by atoms with Gasteiger partial charge in [-0.15, -0.1) is 0 Å². The van der Waals surface area contributed by atoms with Gasteiger partial charge >= 0.3 is 0 Å². The number of aldehydes is 1. The zero-order chi connectivity index (χ0) is 14.8.